The van der Waals surface area contributed by atoms with Gasteiger partial charge in [-0.25, -0.2) is 9.18 Å². The van der Waals surface area contributed by atoms with Gasteiger partial charge >= 0.3 is 5.97 Å². The van der Waals surface area contributed by atoms with Gasteiger partial charge in [0, 0.05) is 13.0 Å². The molecule has 0 spiro atoms. The number of carbonyl (C=O) groups is 2. The van der Waals surface area contributed by atoms with E-state index < -0.39 is 23.7 Å². The van der Waals surface area contributed by atoms with Crippen LogP contribution in [0.25, 0.3) is 0 Å². The predicted molar refractivity (Wildman–Crippen MR) is 79.9 cm³/mol. The van der Waals surface area contributed by atoms with Crippen molar-refractivity contribution >= 4 is 11.9 Å². The molecule has 0 radical (unpaired) electrons. The van der Waals surface area contributed by atoms with Crippen LogP contribution in [-0.4, -0.2) is 30.2 Å². The molecule has 5 nitrogen and oxygen atoms in total. The van der Waals surface area contributed by atoms with Gasteiger partial charge in [-0.1, -0.05) is 18.2 Å². The van der Waals surface area contributed by atoms with E-state index in [1.165, 1.54) is 25.1 Å². The first-order valence-electron chi connectivity index (χ1n) is 6.92. The van der Waals surface area contributed by atoms with Gasteiger partial charge in [0.05, 0.1) is 6.61 Å². The molecular weight excluding hydrogens is 289 g/mol. The number of amides is 1. The lowest BCUT2D eigenvalue weighted by atomic mass is 10.0. The molecule has 1 amide bonds. The van der Waals surface area contributed by atoms with Crippen molar-refractivity contribution in [1.82, 2.24) is 5.32 Å². The zero-order valence-corrected chi connectivity index (χ0v) is 12.5. The van der Waals surface area contributed by atoms with Gasteiger partial charge in [0.25, 0.3) is 0 Å². The third kappa shape index (κ3) is 5.65. The summed E-state index contributed by atoms with van der Waals surface area (Å²) in [6.07, 6.45) is 2.24. The van der Waals surface area contributed by atoms with Gasteiger partial charge < -0.3 is 15.2 Å². The Labute approximate surface area is 128 Å². The highest BCUT2D eigenvalue weighted by Gasteiger charge is 2.22. The number of hydrogen-bond donors (Lipinski definition) is 2. The fourth-order valence-corrected chi connectivity index (χ4v) is 1.87. The molecule has 0 saturated heterocycles. The van der Waals surface area contributed by atoms with E-state index in [-0.39, 0.29) is 6.42 Å². The molecule has 1 aromatic carbocycles. The molecule has 0 aromatic heterocycles. The fraction of sp³-hybridized carbons (Fsp3) is 0.375. The summed E-state index contributed by atoms with van der Waals surface area (Å²) in [7, 11) is 0. The lowest BCUT2D eigenvalue weighted by molar-refractivity contribution is -0.142. The number of benzene rings is 1. The van der Waals surface area contributed by atoms with E-state index in [4.69, 9.17) is 4.74 Å². The van der Waals surface area contributed by atoms with E-state index in [9.17, 15) is 19.1 Å². The summed E-state index contributed by atoms with van der Waals surface area (Å²) < 4.78 is 18.4. The molecule has 0 aliphatic carbocycles. The highest BCUT2D eigenvalue weighted by molar-refractivity contribution is 5.84. The van der Waals surface area contributed by atoms with Crippen molar-refractivity contribution in [3.63, 3.8) is 0 Å². The quantitative estimate of drug-likeness (QED) is 0.542. The number of carboxylic acid groups (broad SMARTS) is 1. The molecule has 120 valence electrons. The highest BCUT2D eigenvalue weighted by atomic mass is 19.1. The zero-order chi connectivity index (χ0) is 16.5. The zero-order valence-electron chi connectivity index (χ0n) is 12.5. The van der Waals surface area contributed by atoms with Crippen molar-refractivity contribution in [1.29, 1.82) is 0 Å². The summed E-state index contributed by atoms with van der Waals surface area (Å²) in [6.45, 7) is 5.85. The van der Waals surface area contributed by atoms with Crippen LogP contribution in [0.4, 0.5) is 4.39 Å². The first-order valence-corrected chi connectivity index (χ1v) is 6.92. The second-order valence-corrected chi connectivity index (χ2v) is 4.81. The third-order valence-corrected chi connectivity index (χ3v) is 3.00. The van der Waals surface area contributed by atoms with Gasteiger partial charge in [0.1, 0.15) is 5.82 Å². The molecule has 0 fully saturated rings. The van der Waals surface area contributed by atoms with Crippen LogP contribution in [0.15, 0.2) is 30.9 Å². The standard InChI is InChI=1S/C16H20FNO4/c1-3-8-22-9-4-5-14(19)18-15(16(20)21)12-6-7-13(17)11(2)10-12/h3,6-7,10,15H,1,4-5,8-9H2,2H3,(H,18,19)(H,20,21). The first-order chi connectivity index (χ1) is 10.5. The smallest absolute Gasteiger partial charge is 0.330 e. The Bertz CT molecular complexity index is 545. The van der Waals surface area contributed by atoms with Gasteiger partial charge in [-0.15, -0.1) is 6.58 Å². The molecule has 0 bridgehead atoms. The lowest BCUT2D eigenvalue weighted by Gasteiger charge is -2.15. The van der Waals surface area contributed by atoms with Crippen molar-refractivity contribution in [2.24, 2.45) is 0 Å². The molecule has 1 rings (SSSR count). The number of carboxylic acids is 1. The molecule has 1 atom stereocenters. The van der Waals surface area contributed by atoms with Crippen LogP contribution >= 0.6 is 0 Å². The van der Waals surface area contributed by atoms with E-state index in [0.717, 1.165) is 0 Å². The number of nitrogens with one attached hydrogen (secondary N) is 1. The summed E-state index contributed by atoms with van der Waals surface area (Å²) in [5, 5.41) is 11.7. The van der Waals surface area contributed by atoms with Crippen molar-refractivity contribution in [3.8, 4) is 0 Å². The maximum absolute atomic E-state index is 13.2. The van der Waals surface area contributed by atoms with E-state index in [1.807, 2.05) is 0 Å². The van der Waals surface area contributed by atoms with Gasteiger partial charge in [0.15, 0.2) is 6.04 Å². The molecule has 0 aliphatic heterocycles. The normalized spacial score (nSPS) is 11.7. The van der Waals surface area contributed by atoms with Crippen molar-refractivity contribution in [3.05, 3.63) is 47.8 Å². The minimum Gasteiger partial charge on any atom is -0.479 e. The number of halogens is 1. The number of rotatable bonds is 9. The van der Waals surface area contributed by atoms with Crippen LogP contribution in [0.3, 0.4) is 0 Å². The average Bonchev–Trinajstić information content (AvgIpc) is 2.47. The second-order valence-electron chi connectivity index (χ2n) is 4.81. The fourth-order valence-electron chi connectivity index (χ4n) is 1.87. The number of carbonyl (C=O) groups excluding carboxylic acids is 1. The van der Waals surface area contributed by atoms with E-state index >= 15 is 0 Å². The van der Waals surface area contributed by atoms with Crippen LogP contribution < -0.4 is 5.32 Å². The van der Waals surface area contributed by atoms with Gasteiger partial charge in [-0.2, -0.15) is 0 Å². The molecule has 2 N–H and O–H groups in total. The summed E-state index contributed by atoms with van der Waals surface area (Å²) in [6, 6.07) is 2.77. The average molecular weight is 309 g/mol. The van der Waals surface area contributed by atoms with Crippen molar-refractivity contribution in [2.75, 3.05) is 13.2 Å². The van der Waals surface area contributed by atoms with Crippen LogP contribution in [0.5, 0.6) is 0 Å². The van der Waals surface area contributed by atoms with Crippen LogP contribution in [0.2, 0.25) is 0 Å². The predicted octanol–water partition coefficient (Wildman–Crippen LogP) is 2.36. The Hall–Kier alpha value is -2.21. The Kier molecular flexibility index (Phi) is 7.25. The Morgan fingerprint density at radius 2 is 2.23 bits per heavy atom. The van der Waals surface area contributed by atoms with E-state index in [0.29, 0.717) is 30.8 Å². The minimum absolute atomic E-state index is 0.154. The second kappa shape index (κ2) is 8.94. The summed E-state index contributed by atoms with van der Waals surface area (Å²) in [4.78, 5) is 23.1. The van der Waals surface area contributed by atoms with Crippen LogP contribution in [0, 0.1) is 12.7 Å². The molecule has 1 aromatic rings. The van der Waals surface area contributed by atoms with Gasteiger partial charge in [-0.3, -0.25) is 4.79 Å². The molecule has 0 aliphatic rings. The van der Waals surface area contributed by atoms with Gasteiger partial charge in [0.2, 0.25) is 5.91 Å². The molecular formula is C16H20FNO4. The molecule has 22 heavy (non-hydrogen) atoms. The summed E-state index contributed by atoms with van der Waals surface area (Å²) >= 11 is 0. The maximum Gasteiger partial charge on any atom is 0.330 e. The molecule has 0 saturated carbocycles. The van der Waals surface area contributed by atoms with Crippen LogP contribution in [0.1, 0.15) is 30.0 Å². The number of ether oxygens (including phenoxy) is 1. The van der Waals surface area contributed by atoms with Crippen molar-refractivity contribution in [2.45, 2.75) is 25.8 Å². The van der Waals surface area contributed by atoms with Gasteiger partial charge in [-0.05, 0) is 30.5 Å². The number of aliphatic carboxylic acids is 1. The maximum atomic E-state index is 13.2. The largest absolute Gasteiger partial charge is 0.479 e. The van der Waals surface area contributed by atoms with E-state index in [1.54, 1.807) is 6.08 Å². The van der Waals surface area contributed by atoms with E-state index in [2.05, 4.69) is 11.9 Å². The highest BCUT2D eigenvalue weighted by Crippen LogP contribution is 2.17. The van der Waals surface area contributed by atoms with Crippen molar-refractivity contribution < 1.29 is 23.8 Å². The Balaban J connectivity index is 2.60. The molecule has 1 unspecified atom stereocenters. The van der Waals surface area contributed by atoms with Crippen LogP contribution in [-0.2, 0) is 14.3 Å². The molecule has 6 heteroatoms. The third-order valence-electron chi connectivity index (χ3n) is 3.00. The minimum atomic E-state index is -1.19. The Morgan fingerprint density at radius 1 is 1.50 bits per heavy atom. The monoisotopic (exact) mass is 309 g/mol. The SMILES string of the molecule is C=CCOCCCC(=O)NC(C(=O)O)c1ccc(F)c(C)c1. The topological polar surface area (TPSA) is 75.6 Å². The Morgan fingerprint density at radius 3 is 2.82 bits per heavy atom. The molecule has 0 heterocycles. The summed E-state index contributed by atoms with van der Waals surface area (Å²) in [5.74, 6) is -2.00. The summed E-state index contributed by atoms with van der Waals surface area (Å²) in [5.41, 5.74) is 0.665. The lowest BCUT2D eigenvalue weighted by Crippen LogP contribution is -2.33. The first kappa shape index (κ1) is 17.8. The number of hydrogen-bond acceptors (Lipinski definition) is 3. The number of aryl methyl sites for hydroxylation is 1.